The van der Waals surface area contributed by atoms with Gasteiger partial charge in [0.15, 0.2) is 0 Å². The van der Waals surface area contributed by atoms with Crippen molar-refractivity contribution in [1.82, 2.24) is 0 Å². The van der Waals surface area contributed by atoms with Crippen molar-refractivity contribution in [3.63, 3.8) is 0 Å². The maximum absolute atomic E-state index is 2.40. The van der Waals surface area contributed by atoms with Crippen molar-refractivity contribution < 1.29 is 0 Å². The minimum absolute atomic E-state index is 0.988. The van der Waals surface area contributed by atoms with Gasteiger partial charge in [-0.25, -0.2) is 0 Å². The van der Waals surface area contributed by atoms with Gasteiger partial charge in [0.25, 0.3) is 0 Å². The summed E-state index contributed by atoms with van der Waals surface area (Å²) in [5.41, 5.74) is 18.9. The van der Waals surface area contributed by atoms with Gasteiger partial charge in [-0.05, 0) is 141 Å². The smallest absolute Gasteiger partial charge is 0.0468 e. The summed E-state index contributed by atoms with van der Waals surface area (Å²) in [5.74, 6) is 0. The molecule has 1 aliphatic carbocycles. The molecule has 2 nitrogen and oxygen atoms in total. The van der Waals surface area contributed by atoms with E-state index >= 15 is 0 Å². The first-order valence-electron chi connectivity index (χ1n) is 21.5. The molecule has 0 spiro atoms. The van der Waals surface area contributed by atoms with Crippen molar-refractivity contribution in [1.29, 1.82) is 0 Å². The molecule has 0 saturated heterocycles. The number of hydrogen-bond donors (Lipinski definition) is 0. The molecule has 0 aliphatic heterocycles. The summed E-state index contributed by atoms with van der Waals surface area (Å²) in [6.45, 7) is 0. The minimum Gasteiger partial charge on any atom is -0.310 e. The van der Waals surface area contributed by atoms with E-state index in [4.69, 9.17) is 0 Å². The average molecular weight is 795 g/mol. The van der Waals surface area contributed by atoms with Crippen LogP contribution in [0.1, 0.15) is 18.4 Å². The first kappa shape index (κ1) is 38.3. The molecular weight excluding hydrogens is 749 g/mol. The molecular formula is C60H46N2. The Morgan fingerprint density at radius 1 is 0.274 bits per heavy atom. The van der Waals surface area contributed by atoms with E-state index in [2.05, 4.69) is 265 Å². The second-order valence-electron chi connectivity index (χ2n) is 15.7. The summed E-state index contributed by atoms with van der Waals surface area (Å²) >= 11 is 0. The van der Waals surface area contributed by atoms with Crippen molar-refractivity contribution in [2.45, 2.75) is 12.8 Å². The van der Waals surface area contributed by atoms with Crippen LogP contribution in [0.15, 0.2) is 255 Å². The Kier molecular flexibility index (Phi) is 10.9. The Bertz CT molecular complexity index is 2870. The molecule has 62 heavy (non-hydrogen) atoms. The molecule has 0 fully saturated rings. The Labute approximate surface area is 365 Å². The molecule has 2 heteroatoms. The van der Waals surface area contributed by atoms with E-state index in [0.29, 0.717) is 0 Å². The third-order valence-corrected chi connectivity index (χ3v) is 11.7. The molecule has 9 aromatic rings. The molecule has 0 aromatic heterocycles. The van der Waals surface area contributed by atoms with Gasteiger partial charge in [-0.1, -0.05) is 182 Å². The second-order valence-corrected chi connectivity index (χ2v) is 15.7. The summed E-state index contributed by atoms with van der Waals surface area (Å²) < 4.78 is 0. The average Bonchev–Trinajstić information content (AvgIpc) is 3.36. The van der Waals surface area contributed by atoms with E-state index < -0.39 is 0 Å². The maximum atomic E-state index is 2.40. The second kappa shape index (κ2) is 17.7. The summed E-state index contributed by atoms with van der Waals surface area (Å²) in [4.78, 5) is 4.74. The van der Waals surface area contributed by atoms with Crippen LogP contribution in [-0.2, 0) is 0 Å². The number of allylic oxidation sites excluding steroid dienone is 4. The lowest BCUT2D eigenvalue weighted by Crippen LogP contribution is -2.11. The van der Waals surface area contributed by atoms with E-state index in [1.54, 1.807) is 0 Å². The molecule has 9 aromatic carbocycles. The Morgan fingerprint density at radius 2 is 0.661 bits per heavy atom. The number of hydrogen-bond acceptors (Lipinski definition) is 2. The Hall–Kier alpha value is -7.94. The van der Waals surface area contributed by atoms with Crippen molar-refractivity contribution in [2.75, 3.05) is 9.80 Å². The van der Waals surface area contributed by atoms with Gasteiger partial charge in [0.1, 0.15) is 0 Å². The normalized spacial score (nSPS) is 12.1. The fourth-order valence-corrected chi connectivity index (χ4v) is 8.60. The molecule has 0 radical (unpaired) electrons. The van der Waals surface area contributed by atoms with Gasteiger partial charge in [0, 0.05) is 34.1 Å². The molecule has 10 rings (SSSR count). The highest BCUT2D eigenvalue weighted by Crippen LogP contribution is 2.43. The van der Waals surface area contributed by atoms with Crippen LogP contribution in [0.5, 0.6) is 0 Å². The molecule has 1 aliphatic rings. The molecule has 0 N–H and O–H groups in total. The summed E-state index contributed by atoms with van der Waals surface area (Å²) in [5, 5.41) is 0. The maximum Gasteiger partial charge on any atom is 0.0468 e. The minimum atomic E-state index is 0.988. The monoisotopic (exact) mass is 794 g/mol. The fraction of sp³-hybridized carbons (Fsp3) is 0.0333. The van der Waals surface area contributed by atoms with Crippen LogP contribution in [-0.4, -0.2) is 0 Å². The molecule has 0 unspecified atom stereocenters. The number of benzene rings is 9. The van der Waals surface area contributed by atoms with Crippen LogP contribution in [0.4, 0.5) is 34.1 Å². The lowest BCUT2D eigenvalue weighted by molar-refractivity contribution is 1.05. The molecule has 0 saturated carbocycles. The predicted molar refractivity (Wildman–Crippen MR) is 264 cm³/mol. The van der Waals surface area contributed by atoms with Gasteiger partial charge in [0.2, 0.25) is 0 Å². The third kappa shape index (κ3) is 8.15. The van der Waals surface area contributed by atoms with E-state index in [-0.39, 0.29) is 0 Å². The zero-order valence-electron chi connectivity index (χ0n) is 34.6. The van der Waals surface area contributed by atoms with Gasteiger partial charge in [-0.3, -0.25) is 0 Å². The van der Waals surface area contributed by atoms with Crippen LogP contribution in [0.3, 0.4) is 0 Å². The third-order valence-electron chi connectivity index (χ3n) is 11.7. The number of rotatable bonds is 11. The van der Waals surface area contributed by atoms with E-state index in [1.165, 1.54) is 55.6 Å². The van der Waals surface area contributed by atoms with Gasteiger partial charge in [-0.15, -0.1) is 0 Å². The highest BCUT2D eigenvalue weighted by atomic mass is 15.1. The molecule has 0 atom stereocenters. The first-order valence-corrected chi connectivity index (χ1v) is 21.5. The Balaban J connectivity index is 1.05. The molecule has 0 amide bonds. The van der Waals surface area contributed by atoms with Crippen LogP contribution >= 0.6 is 0 Å². The van der Waals surface area contributed by atoms with Crippen LogP contribution in [0.25, 0.3) is 50.1 Å². The van der Waals surface area contributed by atoms with Crippen molar-refractivity contribution in [3.8, 4) is 44.5 Å². The number of anilines is 6. The number of para-hydroxylation sites is 1. The van der Waals surface area contributed by atoms with Crippen LogP contribution < -0.4 is 9.80 Å². The first-order chi connectivity index (χ1) is 30.7. The quantitative estimate of drug-likeness (QED) is 0.129. The van der Waals surface area contributed by atoms with Crippen molar-refractivity contribution in [3.05, 3.63) is 260 Å². The SMILES string of the molecule is C1=CCCC(c2cc(N(c3ccc(-c4ccccc4)cc3)c3ccc(-c4ccccc4)cc3)ccc2-c2ccc(N(c3ccccc3)c3cccc(-c4ccccc4)c3)cc2)=C1. The summed E-state index contributed by atoms with van der Waals surface area (Å²) in [6.07, 6.45) is 8.78. The lowest BCUT2D eigenvalue weighted by atomic mass is 9.89. The highest BCUT2D eigenvalue weighted by Gasteiger charge is 2.19. The van der Waals surface area contributed by atoms with Gasteiger partial charge >= 0.3 is 0 Å². The van der Waals surface area contributed by atoms with Gasteiger partial charge in [-0.2, -0.15) is 0 Å². The number of nitrogens with zero attached hydrogens (tertiary/aromatic N) is 2. The lowest BCUT2D eigenvalue weighted by Gasteiger charge is -2.28. The van der Waals surface area contributed by atoms with E-state index in [1.807, 2.05) is 0 Å². The van der Waals surface area contributed by atoms with Gasteiger partial charge in [0.05, 0.1) is 0 Å². The van der Waals surface area contributed by atoms with Crippen molar-refractivity contribution >= 4 is 39.7 Å². The van der Waals surface area contributed by atoms with E-state index in [0.717, 1.165) is 47.0 Å². The highest BCUT2D eigenvalue weighted by molar-refractivity contribution is 5.89. The predicted octanol–water partition coefficient (Wildman–Crippen LogP) is 17.0. The standard InChI is InChI=1S/C60H46N2/c1-6-17-45(18-7-1)48-29-35-54(36-30-48)62(55-37-31-49(32-38-55)46-19-8-2-9-20-46)58-41-42-59(60(44-58)50-23-12-4-13-24-50)51-33-39-56(40-34-51)61(53-26-14-5-15-27-53)57-28-16-25-52(43-57)47-21-10-3-11-22-47/h1-12,14-23,25-44H,13,24H2. The van der Waals surface area contributed by atoms with Gasteiger partial charge < -0.3 is 9.80 Å². The molecule has 296 valence electrons. The topological polar surface area (TPSA) is 6.48 Å². The van der Waals surface area contributed by atoms with Crippen LogP contribution in [0, 0.1) is 0 Å². The fourth-order valence-electron chi connectivity index (χ4n) is 8.60. The zero-order chi connectivity index (χ0) is 41.5. The summed E-state index contributed by atoms with van der Waals surface area (Å²) in [6, 6.07) is 85.3. The van der Waals surface area contributed by atoms with E-state index in [9.17, 15) is 0 Å². The van der Waals surface area contributed by atoms with Crippen molar-refractivity contribution in [2.24, 2.45) is 0 Å². The largest absolute Gasteiger partial charge is 0.310 e. The summed E-state index contributed by atoms with van der Waals surface area (Å²) in [7, 11) is 0. The van der Waals surface area contributed by atoms with Crippen LogP contribution in [0.2, 0.25) is 0 Å². The molecule has 0 heterocycles. The zero-order valence-corrected chi connectivity index (χ0v) is 34.6. The molecule has 0 bridgehead atoms. The Morgan fingerprint density at radius 3 is 1.16 bits per heavy atom.